The van der Waals surface area contributed by atoms with Gasteiger partial charge >= 0.3 is 0 Å². The van der Waals surface area contributed by atoms with Crippen LogP contribution in [0.1, 0.15) is 25.7 Å². The second-order valence-corrected chi connectivity index (χ2v) is 5.85. The Bertz CT molecular complexity index is 442. The molecule has 0 spiro atoms. The summed E-state index contributed by atoms with van der Waals surface area (Å²) in [5.74, 6) is 0.418. The first kappa shape index (κ1) is 12.9. The van der Waals surface area contributed by atoms with Crippen molar-refractivity contribution in [3.8, 4) is 0 Å². The summed E-state index contributed by atoms with van der Waals surface area (Å²) in [7, 11) is 0. The molecule has 0 radical (unpaired) electrons. The third-order valence-electron chi connectivity index (χ3n) is 3.17. The van der Waals surface area contributed by atoms with Crippen LogP contribution >= 0.6 is 11.8 Å². The zero-order chi connectivity index (χ0) is 13.1. The van der Waals surface area contributed by atoms with E-state index in [0.29, 0.717) is 23.5 Å². The molecule has 2 fully saturated rings. The van der Waals surface area contributed by atoms with Crippen LogP contribution in [0.4, 0.5) is 0 Å². The van der Waals surface area contributed by atoms with E-state index in [1.54, 1.807) is 4.68 Å². The topological polar surface area (TPSA) is 81.9 Å². The Balaban J connectivity index is 1.49. The molecule has 0 unspecified atom stereocenters. The van der Waals surface area contributed by atoms with E-state index in [-0.39, 0.29) is 12.0 Å². The Kier molecular flexibility index (Phi) is 3.97. The van der Waals surface area contributed by atoms with E-state index < -0.39 is 0 Å². The fraction of sp³-hybridized carbons (Fsp3) is 0.818. The second-order valence-electron chi connectivity index (χ2n) is 4.91. The van der Waals surface area contributed by atoms with Crippen molar-refractivity contribution in [2.75, 3.05) is 12.4 Å². The number of hydrogen-bond acceptors (Lipinski definition) is 6. The van der Waals surface area contributed by atoms with Gasteiger partial charge in [0.25, 0.3) is 0 Å². The molecule has 104 valence electrons. The third kappa shape index (κ3) is 3.66. The second kappa shape index (κ2) is 5.87. The Morgan fingerprint density at radius 2 is 2.37 bits per heavy atom. The molecular weight excluding hydrogens is 266 g/mol. The van der Waals surface area contributed by atoms with Crippen molar-refractivity contribution in [1.82, 2.24) is 25.5 Å². The maximum Gasteiger partial charge on any atom is 0.230 e. The van der Waals surface area contributed by atoms with Crippen LogP contribution in [0.25, 0.3) is 0 Å². The van der Waals surface area contributed by atoms with Gasteiger partial charge < -0.3 is 10.1 Å². The third-order valence-corrected chi connectivity index (χ3v) is 4.13. The molecule has 2 aliphatic rings. The van der Waals surface area contributed by atoms with Gasteiger partial charge in [-0.15, -0.1) is 5.10 Å². The Morgan fingerprint density at radius 3 is 3.11 bits per heavy atom. The number of thioether (sulfide) groups is 1. The average molecular weight is 283 g/mol. The van der Waals surface area contributed by atoms with Crippen LogP contribution in [-0.4, -0.2) is 50.6 Å². The van der Waals surface area contributed by atoms with Crippen molar-refractivity contribution >= 4 is 17.7 Å². The normalized spacial score (nSPS) is 22.6. The number of hydrogen-bond donors (Lipinski definition) is 1. The first-order valence-electron chi connectivity index (χ1n) is 6.61. The summed E-state index contributed by atoms with van der Waals surface area (Å²) in [6.07, 6.45) is 4.55. The van der Waals surface area contributed by atoms with Gasteiger partial charge in [0.2, 0.25) is 11.1 Å². The highest BCUT2D eigenvalue weighted by Crippen LogP contribution is 2.20. The molecule has 1 aliphatic heterocycles. The molecule has 1 atom stereocenters. The summed E-state index contributed by atoms with van der Waals surface area (Å²) < 4.78 is 7.29. The average Bonchev–Trinajstić information content (AvgIpc) is 2.91. The number of carbonyl (C=O) groups excluding carboxylic acids is 1. The van der Waals surface area contributed by atoms with Gasteiger partial charge in [0.1, 0.15) is 0 Å². The van der Waals surface area contributed by atoms with Crippen molar-refractivity contribution in [3.05, 3.63) is 0 Å². The Morgan fingerprint density at radius 1 is 1.47 bits per heavy atom. The van der Waals surface area contributed by atoms with Crippen LogP contribution in [0.5, 0.6) is 0 Å². The lowest BCUT2D eigenvalue weighted by molar-refractivity contribution is -0.118. The van der Waals surface area contributed by atoms with Crippen molar-refractivity contribution < 1.29 is 9.53 Å². The molecule has 0 aromatic carbocycles. The summed E-state index contributed by atoms with van der Waals surface area (Å²) in [5.41, 5.74) is 0. The van der Waals surface area contributed by atoms with Crippen molar-refractivity contribution in [2.24, 2.45) is 0 Å². The van der Waals surface area contributed by atoms with Crippen LogP contribution in [0.15, 0.2) is 5.16 Å². The zero-order valence-corrected chi connectivity index (χ0v) is 11.4. The molecule has 0 bridgehead atoms. The molecule has 19 heavy (non-hydrogen) atoms. The van der Waals surface area contributed by atoms with Gasteiger partial charge in [-0.05, 0) is 36.1 Å². The van der Waals surface area contributed by atoms with Gasteiger partial charge in [0.05, 0.1) is 18.4 Å². The minimum atomic E-state index is 0.0548. The Hall–Kier alpha value is -1.15. The van der Waals surface area contributed by atoms with E-state index in [1.165, 1.54) is 11.8 Å². The zero-order valence-electron chi connectivity index (χ0n) is 10.6. The van der Waals surface area contributed by atoms with Gasteiger partial charge in [-0.25, -0.2) is 4.68 Å². The molecular formula is C11H17N5O2S. The number of ether oxygens (including phenoxy) is 1. The molecule has 2 heterocycles. The molecule has 1 saturated carbocycles. The van der Waals surface area contributed by atoms with E-state index in [1.807, 2.05) is 0 Å². The van der Waals surface area contributed by atoms with Gasteiger partial charge in [0.15, 0.2) is 0 Å². The van der Waals surface area contributed by atoms with Gasteiger partial charge in [-0.1, -0.05) is 11.8 Å². The van der Waals surface area contributed by atoms with Gasteiger partial charge in [-0.3, -0.25) is 4.79 Å². The highest BCUT2D eigenvalue weighted by atomic mass is 32.2. The molecule has 8 heteroatoms. The van der Waals surface area contributed by atoms with Gasteiger partial charge in [0, 0.05) is 12.6 Å². The van der Waals surface area contributed by atoms with Crippen LogP contribution in [0.3, 0.4) is 0 Å². The number of carbonyl (C=O) groups is 1. The maximum atomic E-state index is 11.6. The van der Waals surface area contributed by atoms with E-state index >= 15 is 0 Å². The van der Waals surface area contributed by atoms with Crippen molar-refractivity contribution in [2.45, 2.75) is 49.5 Å². The molecule has 1 aliphatic carbocycles. The van der Waals surface area contributed by atoms with Crippen LogP contribution in [0, 0.1) is 0 Å². The smallest absolute Gasteiger partial charge is 0.230 e. The largest absolute Gasteiger partial charge is 0.376 e. The SMILES string of the molecule is O=C(CSc1nnnn1C[C@@H]1CCCO1)NC1CC1. The van der Waals surface area contributed by atoms with Crippen molar-refractivity contribution in [3.63, 3.8) is 0 Å². The van der Waals surface area contributed by atoms with E-state index in [2.05, 4.69) is 20.8 Å². The number of nitrogens with zero attached hydrogens (tertiary/aromatic N) is 4. The minimum Gasteiger partial charge on any atom is -0.376 e. The minimum absolute atomic E-state index is 0.0548. The summed E-state index contributed by atoms with van der Waals surface area (Å²) in [6.45, 7) is 1.48. The quantitative estimate of drug-likeness (QED) is 0.752. The van der Waals surface area contributed by atoms with Gasteiger partial charge in [-0.2, -0.15) is 0 Å². The highest BCUT2D eigenvalue weighted by Gasteiger charge is 2.24. The summed E-state index contributed by atoms with van der Waals surface area (Å²) in [5, 5.41) is 15.2. The molecule has 1 amide bonds. The lowest BCUT2D eigenvalue weighted by Crippen LogP contribution is -2.27. The summed E-state index contributed by atoms with van der Waals surface area (Å²) in [6, 6.07) is 0.399. The summed E-state index contributed by atoms with van der Waals surface area (Å²) in [4.78, 5) is 11.6. The van der Waals surface area contributed by atoms with Crippen LogP contribution in [0.2, 0.25) is 0 Å². The lowest BCUT2D eigenvalue weighted by Gasteiger charge is -2.09. The standard InChI is InChI=1S/C11H17N5O2S/c17-10(12-8-3-4-8)7-19-11-13-14-15-16(11)6-9-2-1-5-18-9/h8-9H,1-7H2,(H,12,17)/t9-/m0/s1. The molecule has 1 aromatic heterocycles. The molecule has 1 N–H and O–H groups in total. The fourth-order valence-corrected chi connectivity index (χ4v) is 2.72. The molecule has 3 rings (SSSR count). The predicted octanol–water partition coefficient (Wildman–Crippen LogP) is 0.223. The lowest BCUT2D eigenvalue weighted by atomic mass is 10.2. The van der Waals surface area contributed by atoms with E-state index in [4.69, 9.17) is 4.74 Å². The first-order valence-corrected chi connectivity index (χ1v) is 7.60. The number of amides is 1. The van der Waals surface area contributed by atoms with E-state index in [9.17, 15) is 4.79 Å². The molecule has 1 saturated heterocycles. The van der Waals surface area contributed by atoms with Crippen LogP contribution < -0.4 is 5.32 Å². The number of nitrogens with one attached hydrogen (secondary N) is 1. The maximum absolute atomic E-state index is 11.6. The molecule has 7 nitrogen and oxygen atoms in total. The number of tetrazole rings is 1. The predicted molar refractivity (Wildman–Crippen MR) is 68.7 cm³/mol. The monoisotopic (exact) mass is 283 g/mol. The number of aromatic nitrogens is 4. The van der Waals surface area contributed by atoms with Crippen LogP contribution in [-0.2, 0) is 16.1 Å². The fourth-order valence-electron chi connectivity index (χ4n) is 2.02. The number of rotatable bonds is 6. The summed E-state index contributed by atoms with van der Waals surface area (Å²) >= 11 is 1.37. The first-order chi connectivity index (χ1) is 9.31. The molecule has 1 aromatic rings. The van der Waals surface area contributed by atoms with Crippen molar-refractivity contribution in [1.29, 1.82) is 0 Å². The Labute approximate surface area is 115 Å². The van der Waals surface area contributed by atoms with E-state index in [0.717, 1.165) is 32.3 Å². The highest BCUT2D eigenvalue weighted by molar-refractivity contribution is 7.99.